The molecule has 1 atom stereocenters. The number of rotatable bonds is 5. The monoisotopic (exact) mass is 328 g/mol. The van der Waals surface area contributed by atoms with Gasteiger partial charge in [0.2, 0.25) is 5.91 Å². The number of aromatic nitrogens is 2. The molecule has 1 aliphatic rings. The number of para-hydroxylation sites is 2. The number of H-pyrrole nitrogens is 1. The number of hydrogen-bond acceptors (Lipinski definition) is 3. The third-order valence-corrected chi connectivity index (χ3v) is 4.80. The second-order valence-corrected chi connectivity index (χ2v) is 6.79. The number of carbonyl (C=O) groups is 1. The van der Waals surface area contributed by atoms with Crippen molar-refractivity contribution in [2.75, 3.05) is 19.6 Å². The number of fused-ring (bicyclic) bond motifs is 1. The van der Waals surface area contributed by atoms with Crippen molar-refractivity contribution in [3.63, 3.8) is 0 Å². The highest BCUT2D eigenvalue weighted by Gasteiger charge is 2.15. The predicted molar refractivity (Wildman–Crippen MR) is 96.8 cm³/mol. The molecule has 1 aromatic carbocycles. The van der Waals surface area contributed by atoms with E-state index in [0.717, 1.165) is 36.5 Å². The van der Waals surface area contributed by atoms with Gasteiger partial charge in [-0.15, -0.1) is 0 Å². The third-order valence-electron chi connectivity index (χ3n) is 4.80. The summed E-state index contributed by atoms with van der Waals surface area (Å²) in [7, 11) is 0. The van der Waals surface area contributed by atoms with Gasteiger partial charge in [0.15, 0.2) is 0 Å². The maximum Gasteiger partial charge on any atom is 0.221 e. The Morgan fingerprint density at radius 3 is 2.67 bits per heavy atom. The summed E-state index contributed by atoms with van der Waals surface area (Å²) < 4.78 is 0. The zero-order valence-corrected chi connectivity index (χ0v) is 14.6. The average molecular weight is 328 g/mol. The molecule has 1 saturated heterocycles. The van der Waals surface area contributed by atoms with Gasteiger partial charge in [0, 0.05) is 13.0 Å². The van der Waals surface area contributed by atoms with E-state index in [1.54, 1.807) is 0 Å². The van der Waals surface area contributed by atoms with Gasteiger partial charge < -0.3 is 15.2 Å². The Morgan fingerprint density at radius 2 is 1.92 bits per heavy atom. The number of amides is 1. The quantitative estimate of drug-likeness (QED) is 0.884. The average Bonchev–Trinajstić information content (AvgIpc) is 2.98. The summed E-state index contributed by atoms with van der Waals surface area (Å²) >= 11 is 0. The van der Waals surface area contributed by atoms with Crippen LogP contribution >= 0.6 is 0 Å². The predicted octanol–water partition coefficient (Wildman–Crippen LogP) is 3.40. The molecule has 0 unspecified atom stereocenters. The highest BCUT2D eigenvalue weighted by Crippen LogP contribution is 2.16. The lowest BCUT2D eigenvalue weighted by Crippen LogP contribution is -2.34. The molecule has 0 spiro atoms. The molecule has 1 amide bonds. The van der Waals surface area contributed by atoms with Gasteiger partial charge in [-0.3, -0.25) is 4.79 Å². The zero-order chi connectivity index (χ0) is 16.8. The molecule has 0 aliphatic carbocycles. The molecule has 1 aromatic heterocycles. The van der Waals surface area contributed by atoms with Crippen molar-refractivity contribution in [2.45, 2.75) is 51.5 Å². The fraction of sp³-hybridized carbons (Fsp3) is 0.579. The van der Waals surface area contributed by atoms with Gasteiger partial charge in [-0.2, -0.15) is 0 Å². The lowest BCUT2D eigenvalue weighted by Gasteiger charge is -2.24. The van der Waals surface area contributed by atoms with Gasteiger partial charge >= 0.3 is 0 Å². The van der Waals surface area contributed by atoms with Crippen LogP contribution in [0, 0.1) is 0 Å². The number of nitrogens with zero attached hydrogens (tertiary/aromatic N) is 2. The van der Waals surface area contributed by atoms with E-state index in [9.17, 15) is 4.79 Å². The molecule has 1 fully saturated rings. The summed E-state index contributed by atoms with van der Waals surface area (Å²) in [5, 5.41) is 3.07. The SMILES string of the molecule is C[C@@H](NC(=O)CCN1CCCCCCC1)c1nc2ccccc2[nH]1. The summed E-state index contributed by atoms with van der Waals surface area (Å²) in [6, 6.07) is 7.84. The maximum atomic E-state index is 12.3. The lowest BCUT2D eigenvalue weighted by atomic mass is 10.1. The summed E-state index contributed by atoms with van der Waals surface area (Å²) in [4.78, 5) is 22.5. The minimum absolute atomic E-state index is 0.0998. The summed E-state index contributed by atoms with van der Waals surface area (Å²) in [6.07, 6.45) is 7.10. The van der Waals surface area contributed by atoms with Gasteiger partial charge in [-0.25, -0.2) is 4.98 Å². The van der Waals surface area contributed by atoms with E-state index >= 15 is 0 Å². The van der Waals surface area contributed by atoms with Crippen LogP contribution in [0.5, 0.6) is 0 Å². The molecule has 0 radical (unpaired) electrons. The van der Waals surface area contributed by atoms with Crippen LogP contribution < -0.4 is 5.32 Å². The first-order valence-corrected chi connectivity index (χ1v) is 9.19. The van der Waals surface area contributed by atoms with E-state index < -0.39 is 0 Å². The van der Waals surface area contributed by atoms with Crippen LogP contribution in [0.15, 0.2) is 24.3 Å². The van der Waals surface area contributed by atoms with Gasteiger partial charge in [0.1, 0.15) is 5.82 Å². The Labute approximate surface area is 143 Å². The molecule has 2 N–H and O–H groups in total. The maximum absolute atomic E-state index is 12.3. The van der Waals surface area contributed by atoms with Crippen molar-refractivity contribution in [3.05, 3.63) is 30.1 Å². The molecular formula is C19H28N4O. The molecule has 2 heterocycles. The first-order chi connectivity index (χ1) is 11.7. The van der Waals surface area contributed by atoms with Crippen molar-refractivity contribution in [1.29, 1.82) is 0 Å². The van der Waals surface area contributed by atoms with E-state index in [0.29, 0.717) is 6.42 Å². The summed E-state index contributed by atoms with van der Waals surface area (Å²) in [5.74, 6) is 0.917. The number of nitrogens with one attached hydrogen (secondary N) is 2. The second kappa shape index (κ2) is 8.29. The molecule has 2 aromatic rings. The van der Waals surface area contributed by atoms with Crippen LogP contribution in [0.3, 0.4) is 0 Å². The number of imidazole rings is 1. The van der Waals surface area contributed by atoms with Crippen molar-refractivity contribution in [3.8, 4) is 0 Å². The Morgan fingerprint density at radius 1 is 1.21 bits per heavy atom. The van der Waals surface area contributed by atoms with Gasteiger partial charge in [-0.05, 0) is 45.0 Å². The van der Waals surface area contributed by atoms with E-state index in [1.165, 1.54) is 32.1 Å². The van der Waals surface area contributed by atoms with Gasteiger partial charge in [0.05, 0.1) is 17.1 Å². The lowest BCUT2D eigenvalue weighted by molar-refractivity contribution is -0.122. The molecule has 5 nitrogen and oxygen atoms in total. The van der Waals surface area contributed by atoms with Gasteiger partial charge in [-0.1, -0.05) is 31.4 Å². The first-order valence-electron chi connectivity index (χ1n) is 9.19. The fourth-order valence-corrected chi connectivity index (χ4v) is 3.36. The number of carbonyl (C=O) groups excluding carboxylic acids is 1. The fourth-order valence-electron chi connectivity index (χ4n) is 3.36. The van der Waals surface area contributed by atoms with Crippen LogP contribution in [-0.2, 0) is 4.79 Å². The number of benzene rings is 1. The standard InChI is InChI=1S/C19H28N4O/c1-15(19-21-16-9-5-6-10-17(16)22-19)20-18(24)11-14-23-12-7-3-2-4-8-13-23/h5-6,9-10,15H,2-4,7-8,11-14H2,1H3,(H,20,24)(H,21,22)/t15-/m1/s1. The van der Waals surface area contributed by atoms with Crippen LogP contribution in [0.25, 0.3) is 11.0 Å². The first kappa shape index (κ1) is 17.0. The minimum Gasteiger partial charge on any atom is -0.346 e. The number of likely N-dealkylation sites (tertiary alicyclic amines) is 1. The number of aromatic amines is 1. The second-order valence-electron chi connectivity index (χ2n) is 6.79. The van der Waals surface area contributed by atoms with Crippen molar-refractivity contribution >= 4 is 16.9 Å². The Balaban J connectivity index is 1.48. The molecule has 0 saturated carbocycles. The van der Waals surface area contributed by atoms with Crippen LogP contribution in [-0.4, -0.2) is 40.4 Å². The minimum atomic E-state index is -0.0998. The van der Waals surface area contributed by atoms with E-state index in [1.807, 2.05) is 31.2 Å². The molecule has 130 valence electrons. The third kappa shape index (κ3) is 4.57. The Hall–Kier alpha value is -1.88. The van der Waals surface area contributed by atoms with E-state index in [-0.39, 0.29) is 11.9 Å². The summed E-state index contributed by atoms with van der Waals surface area (Å²) in [6.45, 7) is 5.10. The van der Waals surface area contributed by atoms with Crippen LogP contribution in [0.4, 0.5) is 0 Å². The molecule has 3 rings (SSSR count). The van der Waals surface area contributed by atoms with Gasteiger partial charge in [0.25, 0.3) is 0 Å². The summed E-state index contributed by atoms with van der Waals surface area (Å²) in [5.41, 5.74) is 1.95. The molecule has 1 aliphatic heterocycles. The molecule has 5 heteroatoms. The van der Waals surface area contributed by atoms with Crippen molar-refractivity contribution in [1.82, 2.24) is 20.2 Å². The molecule has 0 bridgehead atoms. The molecular weight excluding hydrogens is 300 g/mol. The van der Waals surface area contributed by atoms with Crippen molar-refractivity contribution < 1.29 is 4.79 Å². The Kier molecular flexibility index (Phi) is 5.86. The highest BCUT2D eigenvalue weighted by atomic mass is 16.1. The largest absolute Gasteiger partial charge is 0.346 e. The zero-order valence-electron chi connectivity index (χ0n) is 14.6. The highest BCUT2D eigenvalue weighted by molar-refractivity contribution is 5.77. The van der Waals surface area contributed by atoms with E-state index in [4.69, 9.17) is 0 Å². The van der Waals surface area contributed by atoms with Crippen molar-refractivity contribution in [2.24, 2.45) is 0 Å². The number of hydrogen-bond donors (Lipinski definition) is 2. The topological polar surface area (TPSA) is 61.0 Å². The molecule has 24 heavy (non-hydrogen) atoms. The van der Waals surface area contributed by atoms with Crippen LogP contribution in [0.1, 0.15) is 57.3 Å². The normalized spacial score (nSPS) is 18.0. The smallest absolute Gasteiger partial charge is 0.221 e. The Bertz CT molecular complexity index is 625. The van der Waals surface area contributed by atoms with Crippen LogP contribution in [0.2, 0.25) is 0 Å². The van der Waals surface area contributed by atoms with E-state index in [2.05, 4.69) is 20.2 Å².